The molecule has 1 atom stereocenters. The summed E-state index contributed by atoms with van der Waals surface area (Å²) in [5.41, 5.74) is 1.33. The Labute approximate surface area is 133 Å². The summed E-state index contributed by atoms with van der Waals surface area (Å²) < 4.78 is 24.8. The maximum atomic E-state index is 11.4. The molecule has 0 fully saturated rings. The summed E-state index contributed by atoms with van der Waals surface area (Å²) in [6.45, 7) is 2.69. The third kappa shape index (κ3) is 2.98. The molecule has 0 saturated carbocycles. The van der Waals surface area contributed by atoms with Gasteiger partial charge in [-0.1, -0.05) is 25.1 Å². The average Bonchev–Trinajstić information content (AvgIpc) is 3.03. The highest BCUT2D eigenvalue weighted by Gasteiger charge is 2.25. The fraction of sp³-hybridized carbons (Fsp3) is 0.357. The first kappa shape index (κ1) is 14.9. The predicted molar refractivity (Wildman–Crippen MR) is 84.6 cm³/mol. The highest BCUT2D eigenvalue weighted by Crippen LogP contribution is 2.40. The molecule has 112 valence electrons. The van der Waals surface area contributed by atoms with Crippen LogP contribution in [0.15, 0.2) is 40.4 Å². The molecule has 21 heavy (non-hydrogen) atoms. The van der Waals surface area contributed by atoms with Gasteiger partial charge in [0.2, 0.25) is 0 Å². The SMILES string of the molecule is CCc1nc(S(=O)(=O)Cl)cn1CC1CSc2ccccc21. The largest absolute Gasteiger partial charge is 0.333 e. The number of aryl methyl sites for hydroxylation is 1. The van der Waals surface area contributed by atoms with Gasteiger partial charge in [0.15, 0.2) is 5.03 Å². The standard InChI is InChI=1S/C14H15ClN2O2S2/c1-2-13-16-14(21(15,18)19)8-17(13)7-10-9-20-12-6-4-3-5-11(10)12/h3-6,8,10H,2,7,9H2,1H3. The lowest BCUT2D eigenvalue weighted by molar-refractivity contribution is 0.581. The Kier molecular flexibility index (Phi) is 4.03. The number of benzene rings is 1. The summed E-state index contributed by atoms with van der Waals surface area (Å²) >= 11 is 1.84. The van der Waals surface area contributed by atoms with Crippen LogP contribution in [0.4, 0.5) is 0 Å². The van der Waals surface area contributed by atoms with Crippen molar-refractivity contribution in [1.82, 2.24) is 9.55 Å². The third-order valence-electron chi connectivity index (χ3n) is 3.62. The molecule has 4 nitrogen and oxygen atoms in total. The fourth-order valence-electron chi connectivity index (χ4n) is 2.60. The van der Waals surface area contributed by atoms with Gasteiger partial charge in [0, 0.05) is 46.4 Å². The van der Waals surface area contributed by atoms with Crippen LogP contribution in [-0.2, 0) is 22.0 Å². The minimum Gasteiger partial charge on any atom is -0.333 e. The molecule has 0 saturated heterocycles. The van der Waals surface area contributed by atoms with Gasteiger partial charge in [-0.05, 0) is 11.6 Å². The molecule has 1 aliphatic heterocycles. The van der Waals surface area contributed by atoms with Crippen LogP contribution in [0, 0.1) is 0 Å². The van der Waals surface area contributed by atoms with Crippen molar-refractivity contribution in [2.24, 2.45) is 0 Å². The van der Waals surface area contributed by atoms with Gasteiger partial charge in [-0.25, -0.2) is 13.4 Å². The van der Waals surface area contributed by atoms with E-state index in [4.69, 9.17) is 10.7 Å². The Morgan fingerprint density at radius 3 is 2.90 bits per heavy atom. The van der Waals surface area contributed by atoms with E-state index in [1.54, 1.807) is 6.20 Å². The Bertz CT molecular complexity index is 771. The van der Waals surface area contributed by atoms with E-state index < -0.39 is 9.05 Å². The van der Waals surface area contributed by atoms with Crippen molar-refractivity contribution in [2.75, 3.05) is 5.75 Å². The van der Waals surface area contributed by atoms with Crippen molar-refractivity contribution in [3.8, 4) is 0 Å². The van der Waals surface area contributed by atoms with E-state index in [1.165, 1.54) is 10.5 Å². The van der Waals surface area contributed by atoms with Gasteiger partial charge in [-0.3, -0.25) is 0 Å². The van der Waals surface area contributed by atoms with Crippen LogP contribution in [0.2, 0.25) is 0 Å². The molecule has 7 heteroatoms. The second-order valence-electron chi connectivity index (χ2n) is 4.98. The number of hydrogen-bond donors (Lipinski definition) is 0. The van der Waals surface area contributed by atoms with Crippen LogP contribution in [0.3, 0.4) is 0 Å². The van der Waals surface area contributed by atoms with Crippen LogP contribution in [-0.4, -0.2) is 23.7 Å². The van der Waals surface area contributed by atoms with Gasteiger partial charge in [0.05, 0.1) is 0 Å². The van der Waals surface area contributed by atoms with E-state index in [1.807, 2.05) is 35.4 Å². The number of imidazole rings is 1. The van der Waals surface area contributed by atoms with Gasteiger partial charge in [0.1, 0.15) is 5.82 Å². The van der Waals surface area contributed by atoms with Crippen LogP contribution in [0.1, 0.15) is 24.2 Å². The molecule has 2 aromatic rings. The van der Waals surface area contributed by atoms with Crippen molar-refractivity contribution in [2.45, 2.75) is 35.7 Å². The molecule has 0 N–H and O–H groups in total. The Balaban J connectivity index is 1.91. The highest BCUT2D eigenvalue weighted by atomic mass is 35.7. The number of fused-ring (bicyclic) bond motifs is 1. The smallest absolute Gasteiger partial charge is 0.280 e. The zero-order valence-electron chi connectivity index (χ0n) is 11.5. The molecule has 1 aromatic carbocycles. The monoisotopic (exact) mass is 342 g/mol. The molecule has 0 bridgehead atoms. The topological polar surface area (TPSA) is 52.0 Å². The average molecular weight is 343 g/mol. The van der Waals surface area contributed by atoms with Crippen LogP contribution in [0.25, 0.3) is 0 Å². The van der Waals surface area contributed by atoms with Crippen molar-refractivity contribution in [3.05, 3.63) is 41.9 Å². The molecule has 0 amide bonds. The zero-order valence-corrected chi connectivity index (χ0v) is 13.9. The number of thioether (sulfide) groups is 1. The molecule has 1 aromatic heterocycles. The second kappa shape index (κ2) is 5.66. The van der Waals surface area contributed by atoms with Crippen LogP contribution >= 0.6 is 22.4 Å². The van der Waals surface area contributed by atoms with Gasteiger partial charge >= 0.3 is 0 Å². The van der Waals surface area contributed by atoms with E-state index in [9.17, 15) is 8.42 Å². The summed E-state index contributed by atoms with van der Waals surface area (Å²) in [7, 11) is 1.62. The van der Waals surface area contributed by atoms with Gasteiger partial charge in [0.25, 0.3) is 9.05 Å². The summed E-state index contributed by atoms with van der Waals surface area (Å²) in [5.74, 6) is 2.13. The minimum absolute atomic E-state index is 0.0556. The maximum Gasteiger partial charge on any atom is 0.280 e. The Hall–Kier alpha value is -0.980. The van der Waals surface area contributed by atoms with E-state index in [0.29, 0.717) is 12.3 Å². The van der Waals surface area contributed by atoms with E-state index in [2.05, 4.69) is 17.1 Å². The number of rotatable bonds is 4. The molecule has 0 aliphatic carbocycles. The second-order valence-corrected chi connectivity index (χ2v) is 8.56. The van der Waals surface area contributed by atoms with Crippen molar-refractivity contribution in [1.29, 1.82) is 0 Å². The molecule has 0 radical (unpaired) electrons. The quantitative estimate of drug-likeness (QED) is 0.800. The number of nitrogens with zero attached hydrogens (tertiary/aromatic N) is 2. The van der Waals surface area contributed by atoms with E-state index >= 15 is 0 Å². The highest BCUT2D eigenvalue weighted by molar-refractivity contribution is 8.13. The molecule has 1 unspecified atom stereocenters. The molecule has 0 spiro atoms. The molecule has 1 aliphatic rings. The molecular formula is C14H15ClN2O2S2. The van der Waals surface area contributed by atoms with Crippen molar-refractivity contribution < 1.29 is 8.42 Å². The normalized spacial score (nSPS) is 17.9. The first-order valence-corrected chi connectivity index (χ1v) is 10.0. The van der Waals surface area contributed by atoms with Crippen molar-refractivity contribution in [3.63, 3.8) is 0 Å². The molecular weight excluding hydrogens is 328 g/mol. The Morgan fingerprint density at radius 1 is 1.43 bits per heavy atom. The molecule has 2 heterocycles. The first-order chi connectivity index (χ1) is 9.99. The summed E-state index contributed by atoms with van der Waals surface area (Å²) in [5, 5.41) is -0.0556. The lowest BCUT2D eigenvalue weighted by Gasteiger charge is -2.13. The lowest BCUT2D eigenvalue weighted by atomic mass is 10.0. The van der Waals surface area contributed by atoms with Crippen LogP contribution in [0.5, 0.6) is 0 Å². The predicted octanol–water partition coefficient (Wildman–Crippen LogP) is 3.26. The maximum absolute atomic E-state index is 11.4. The number of hydrogen-bond acceptors (Lipinski definition) is 4. The van der Waals surface area contributed by atoms with Gasteiger partial charge < -0.3 is 4.57 Å². The fourth-order valence-corrected chi connectivity index (χ4v) is 4.54. The van der Waals surface area contributed by atoms with Crippen molar-refractivity contribution >= 4 is 31.5 Å². The first-order valence-electron chi connectivity index (χ1n) is 6.71. The Morgan fingerprint density at radius 2 is 2.19 bits per heavy atom. The van der Waals surface area contributed by atoms with E-state index in [-0.39, 0.29) is 5.03 Å². The summed E-state index contributed by atoms with van der Waals surface area (Å²) in [6, 6.07) is 8.35. The number of halogens is 1. The minimum atomic E-state index is -3.77. The zero-order chi connectivity index (χ0) is 15.0. The number of aromatic nitrogens is 2. The molecule has 3 rings (SSSR count). The van der Waals surface area contributed by atoms with Gasteiger partial charge in [-0.15, -0.1) is 11.8 Å². The summed E-state index contributed by atoms with van der Waals surface area (Å²) in [4.78, 5) is 5.45. The van der Waals surface area contributed by atoms with E-state index in [0.717, 1.165) is 18.1 Å². The van der Waals surface area contributed by atoms with Crippen LogP contribution < -0.4 is 0 Å². The summed E-state index contributed by atoms with van der Waals surface area (Å²) in [6.07, 6.45) is 2.22. The third-order valence-corrected chi connectivity index (χ3v) is 6.04. The lowest BCUT2D eigenvalue weighted by Crippen LogP contribution is -2.10. The van der Waals surface area contributed by atoms with Gasteiger partial charge in [-0.2, -0.15) is 0 Å².